The van der Waals surface area contributed by atoms with Gasteiger partial charge in [-0.2, -0.15) is 0 Å². The second kappa shape index (κ2) is 16.3. The first-order chi connectivity index (χ1) is 18.6. The average molecular weight is 548 g/mol. The van der Waals surface area contributed by atoms with Crippen molar-refractivity contribution in [2.24, 2.45) is 17.8 Å². The summed E-state index contributed by atoms with van der Waals surface area (Å²) in [5.74, 6) is -3.15. The second-order valence-corrected chi connectivity index (χ2v) is 10.1. The number of hydrogen-bond acceptors (Lipinski definition) is 7. The molecule has 2 aliphatic rings. The Morgan fingerprint density at radius 1 is 1.05 bits per heavy atom. The van der Waals surface area contributed by atoms with Gasteiger partial charge in [0.2, 0.25) is 29.5 Å². The third kappa shape index (κ3) is 11.3. The van der Waals surface area contributed by atoms with E-state index in [9.17, 15) is 29.2 Å². The molecule has 12 heteroatoms. The van der Waals surface area contributed by atoms with E-state index in [0.717, 1.165) is 5.56 Å². The normalized spacial score (nSPS) is 19.7. The summed E-state index contributed by atoms with van der Waals surface area (Å²) in [5.41, 5.74) is 2.45. The molecule has 3 atom stereocenters. The summed E-state index contributed by atoms with van der Waals surface area (Å²) in [6, 6.07) is 6.15. The van der Waals surface area contributed by atoms with Gasteiger partial charge in [0.25, 0.3) is 0 Å². The fraction of sp³-hybridized carbons (Fsp3) is 0.593. The Bertz CT molecular complexity index is 983. The minimum absolute atomic E-state index is 0.0679. The Morgan fingerprint density at radius 2 is 1.74 bits per heavy atom. The molecular formula is C27H41N5O7. The molecule has 0 unspecified atom stereocenters. The number of nitrogens with one attached hydrogen (secondary N) is 5. The first kappa shape index (κ1) is 31.5. The van der Waals surface area contributed by atoms with E-state index in [4.69, 9.17) is 4.74 Å². The smallest absolute Gasteiger partial charge is 0.247 e. The van der Waals surface area contributed by atoms with Crippen LogP contribution >= 0.6 is 0 Å². The topological polar surface area (TPSA) is 175 Å². The van der Waals surface area contributed by atoms with Crippen molar-refractivity contribution < 1.29 is 33.9 Å². The Kier molecular flexibility index (Phi) is 13.2. The van der Waals surface area contributed by atoms with Crippen LogP contribution in [0.15, 0.2) is 24.3 Å². The van der Waals surface area contributed by atoms with Crippen molar-refractivity contribution in [3.8, 4) is 5.75 Å². The van der Waals surface area contributed by atoms with Gasteiger partial charge < -0.3 is 26.0 Å². The highest BCUT2D eigenvalue weighted by Crippen LogP contribution is 2.27. The molecule has 2 bridgehead atoms. The van der Waals surface area contributed by atoms with Crippen LogP contribution in [0.3, 0.4) is 0 Å². The van der Waals surface area contributed by atoms with Crippen molar-refractivity contribution >= 4 is 29.5 Å². The Hall–Kier alpha value is -3.67. The SMILES string of the molecule is CC(=O)NCCCNC(=O)CNC(=O)[C@@H]1Cc2ccc(cc2)OCCC[C@H](C(=O)NO)[C@@H](CC(C)C)C(=O)N1. The van der Waals surface area contributed by atoms with E-state index in [1.165, 1.54) is 6.92 Å². The van der Waals surface area contributed by atoms with Gasteiger partial charge in [0.1, 0.15) is 11.8 Å². The van der Waals surface area contributed by atoms with Gasteiger partial charge >= 0.3 is 0 Å². The van der Waals surface area contributed by atoms with Gasteiger partial charge in [-0.1, -0.05) is 26.0 Å². The minimum atomic E-state index is -1.01. The summed E-state index contributed by atoms with van der Waals surface area (Å²) in [6.07, 6.45) is 1.84. The quantitative estimate of drug-likeness (QED) is 0.140. The first-order valence-corrected chi connectivity index (χ1v) is 13.4. The number of hydrogen-bond donors (Lipinski definition) is 6. The summed E-state index contributed by atoms with van der Waals surface area (Å²) in [6.45, 7) is 6.06. The number of fused-ring (bicyclic) bond motifs is 11. The van der Waals surface area contributed by atoms with E-state index < -0.39 is 41.5 Å². The molecule has 5 amide bonds. The maximum atomic E-state index is 13.5. The zero-order chi connectivity index (χ0) is 28.8. The number of carbonyl (C=O) groups excluding carboxylic acids is 5. The maximum absolute atomic E-state index is 13.5. The third-order valence-corrected chi connectivity index (χ3v) is 6.39. The lowest BCUT2D eigenvalue weighted by atomic mass is 9.81. The van der Waals surface area contributed by atoms with Crippen LogP contribution in [-0.4, -0.2) is 67.0 Å². The summed E-state index contributed by atoms with van der Waals surface area (Å²) in [5, 5.41) is 20.0. The van der Waals surface area contributed by atoms with E-state index in [2.05, 4.69) is 21.3 Å². The van der Waals surface area contributed by atoms with Gasteiger partial charge in [-0.15, -0.1) is 0 Å². The fourth-order valence-electron chi connectivity index (χ4n) is 4.43. The Morgan fingerprint density at radius 3 is 2.38 bits per heavy atom. The molecule has 0 aliphatic carbocycles. The van der Waals surface area contributed by atoms with E-state index in [0.29, 0.717) is 51.1 Å². The molecule has 216 valence electrons. The van der Waals surface area contributed by atoms with Crippen LogP contribution in [0.2, 0.25) is 0 Å². The average Bonchev–Trinajstić information content (AvgIpc) is 2.89. The van der Waals surface area contributed by atoms with E-state index >= 15 is 0 Å². The second-order valence-electron chi connectivity index (χ2n) is 10.1. The Labute approximate surface area is 229 Å². The standard InChI is InChI=1S/C27H41N5O7/c1-17(2)14-22-21(26(36)32-38)6-4-13-39-20-9-7-19(8-10-20)15-23(31-25(22)35)27(37)30-16-24(34)29-12-5-11-28-18(3)33/h7-10,17,21-23,38H,4-6,11-16H2,1-3H3,(H,28,33)(H,29,34)(H,30,37)(H,31,35)(H,32,36)/t21-,22+,23-/m0/s1. The van der Waals surface area contributed by atoms with Crippen LogP contribution in [0.5, 0.6) is 5.75 Å². The van der Waals surface area contributed by atoms with E-state index in [-0.39, 0.29) is 24.8 Å². The lowest BCUT2D eigenvalue weighted by molar-refractivity contribution is -0.142. The van der Waals surface area contributed by atoms with Crippen LogP contribution in [0.4, 0.5) is 0 Å². The molecule has 0 spiro atoms. The van der Waals surface area contributed by atoms with Gasteiger partial charge in [-0.3, -0.25) is 29.2 Å². The minimum Gasteiger partial charge on any atom is -0.494 e. The molecule has 0 saturated heterocycles. The lowest BCUT2D eigenvalue weighted by Gasteiger charge is -2.28. The van der Waals surface area contributed by atoms with Gasteiger partial charge in [0.05, 0.1) is 19.1 Å². The van der Waals surface area contributed by atoms with E-state index in [1.54, 1.807) is 17.6 Å². The molecule has 3 rings (SSSR count). The predicted octanol–water partition coefficient (Wildman–Crippen LogP) is 0.429. The molecule has 0 aromatic heterocycles. The van der Waals surface area contributed by atoms with Crippen molar-refractivity contribution in [2.45, 2.75) is 58.9 Å². The zero-order valence-corrected chi connectivity index (χ0v) is 22.9. The van der Waals surface area contributed by atoms with Crippen LogP contribution in [-0.2, 0) is 30.4 Å². The van der Waals surface area contributed by atoms with Crippen LogP contribution < -0.4 is 31.5 Å². The summed E-state index contributed by atoms with van der Waals surface area (Å²) < 4.78 is 5.77. The molecule has 1 aromatic carbocycles. The molecule has 12 nitrogen and oxygen atoms in total. The molecule has 2 aliphatic heterocycles. The molecular weight excluding hydrogens is 506 g/mol. The Balaban J connectivity index is 2.17. The highest BCUT2D eigenvalue weighted by Gasteiger charge is 2.36. The predicted molar refractivity (Wildman–Crippen MR) is 142 cm³/mol. The summed E-state index contributed by atoms with van der Waals surface area (Å²) in [4.78, 5) is 62.4. The summed E-state index contributed by atoms with van der Waals surface area (Å²) in [7, 11) is 0. The molecule has 0 saturated carbocycles. The third-order valence-electron chi connectivity index (χ3n) is 6.39. The van der Waals surface area contributed by atoms with Gasteiger partial charge in [-0.05, 0) is 49.3 Å². The van der Waals surface area contributed by atoms with E-state index in [1.807, 2.05) is 26.0 Å². The highest BCUT2D eigenvalue weighted by atomic mass is 16.5. The number of benzene rings is 1. The highest BCUT2D eigenvalue weighted by molar-refractivity contribution is 5.93. The lowest BCUT2D eigenvalue weighted by Crippen LogP contribution is -2.53. The molecule has 0 fully saturated rings. The first-order valence-electron chi connectivity index (χ1n) is 13.4. The molecule has 6 N–H and O–H groups in total. The van der Waals surface area contributed by atoms with Crippen molar-refractivity contribution in [1.82, 2.24) is 26.7 Å². The van der Waals surface area contributed by atoms with Crippen molar-refractivity contribution in [3.63, 3.8) is 0 Å². The van der Waals surface area contributed by atoms with Crippen molar-refractivity contribution in [1.29, 1.82) is 0 Å². The molecule has 1 aromatic rings. The molecule has 2 heterocycles. The van der Waals surface area contributed by atoms with Gasteiger partial charge in [0.15, 0.2) is 0 Å². The fourth-order valence-corrected chi connectivity index (χ4v) is 4.43. The largest absolute Gasteiger partial charge is 0.494 e. The zero-order valence-electron chi connectivity index (χ0n) is 22.9. The number of rotatable bonds is 10. The van der Waals surface area contributed by atoms with Gasteiger partial charge in [-0.25, -0.2) is 5.48 Å². The maximum Gasteiger partial charge on any atom is 0.247 e. The monoisotopic (exact) mass is 547 g/mol. The van der Waals surface area contributed by atoms with Crippen molar-refractivity contribution in [3.05, 3.63) is 29.8 Å². The number of carbonyl (C=O) groups is 5. The van der Waals surface area contributed by atoms with Crippen LogP contribution in [0.1, 0.15) is 52.0 Å². The number of hydroxylamine groups is 1. The van der Waals surface area contributed by atoms with Gasteiger partial charge in [0, 0.05) is 32.4 Å². The summed E-state index contributed by atoms with van der Waals surface area (Å²) >= 11 is 0. The van der Waals surface area contributed by atoms with Crippen LogP contribution in [0.25, 0.3) is 0 Å². The van der Waals surface area contributed by atoms with Crippen molar-refractivity contribution in [2.75, 3.05) is 26.2 Å². The number of ether oxygens (including phenoxy) is 1. The molecule has 39 heavy (non-hydrogen) atoms. The van der Waals surface area contributed by atoms with Crippen LogP contribution in [0, 0.1) is 17.8 Å². The molecule has 0 radical (unpaired) electrons. The number of amides is 5.